The predicted molar refractivity (Wildman–Crippen MR) is 254 cm³/mol. The third-order valence-electron chi connectivity index (χ3n) is 12.5. The number of anilines is 4. The Labute approximate surface area is 377 Å². The molecule has 5 heterocycles. The number of nitrogens with one attached hydrogen (secondary N) is 3. The average molecular weight is 884 g/mol. The summed E-state index contributed by atoms with van der Waals surface area (Å²) in [5, 5.41) is 22.7. The van der Waals surface area contributed by atoms with Crippen molar-refractivity contribution in [2.45, 2.75) is 120 Å². The smallest absolute Gasteiger partial charge is 0.236 e. The maximum atomic E-state index is 11.8. The number of amides is 3. The summed E-state index contributed by atoms with van der Waals surface area (Å²) in [6, 6.07) is 15.8. The molecule has 1 unspecified atom stereocenters. The van der Waals surface area contributed by atoms with Crippen LogP contribution in [0.4, 0.5) is 23.3 Å². The van der Waals surface area contributed by atoms with Gasteiger partial charge in [-0.2, -0.15) is 10.1 Å². The van der Waals surface area contributed by atoms with Crippen molar-refractivity contribution in [1.82, 2.24) is 34.3 Å². The van der Waals surface area contributed by atoms with E-state index in [0.29, 0.717) is 23.6 Å². The fourth-order valence-electron chi connectivity index (χ4n) is 8.80. The zero-order chi connectivity index (χ0) is 44.9. The van der Waals surface area contributed by atoms with Gasteiger partial charge in [0, 0.05) is 107 Å². The minimum absolute atomic E-state index is 0.0359. The summed E-state index contributed by atoms with van der Waals surface area (Å²) in [7, 11) is 5.25. The Morgan fingerprint density at radius 1 is 1.02 bits per heavy atom. The van der Waals surface area contributed by atoms with Crippen molar-refractivity contribution in [3.05, 3.63) is 59.8 Å². The van der Waals surface area contributed by atoms with Crippen molar-refractivity contribution in [2.24, 2.45) is 7.05 Å². The number of hydrogen-bond donors (Lipinski definition) is 4. The molecule has 2 aromatic heterocycles. The van der Waals surface area contributed by atoms with Crippen LogP contribution in [0.5, 0.6) is 0 Å². The number of carbonyl (C=O) groups excluding carboxylic acids is 3. The van der Waals surface area contributed by atoms with E-state index in [1.54, 1.807) is 20.3 Å². The molecule has 0 radical (unpaired) electrons. The van der Waals surface area contributed by atoms with Crippen LogP contribution in [0, 0.1) is 0 Å². The molecule has 9 rings (SSSR count). The molecule has 2 saturated heterocycles. The van der Waals surface area contributed by atoms with E-state index in [0.717, 1.165) is 80.4 Å². The van der Waals surface area contributed by atoms with Crippen LogP contribution < -0.4 is 25.8 Å². The molecular formula is C47H69N11O4S. The van der Waals surface area contributed by atoms with Crippen molar-refractivity contribution in [1.29, 1.82) is 0 Å². The van der Waals surface area contributed by atoms with Crippen molar-refractivity contribution < 1.29 is 19.5 Å². The number of carbonyl (C=O) groups is 3. The Morgan fingerprint density at radius 2 is 1.76 bits per heavy atom. The van der Waals surface area contributed by atoms with Crippen LogP contribution >= 0.6 is 11.9 Å². The predicted octanol–water partition coefficient (Wildman–Crippen LogP) is 6.72. The monoisotopic (exact) mass is 884 g/mol. The molecule has 2 saturated carbocycles. The van der Waals surface area contributed by atoms with Gasteiger partial charge in [0.05, 0.1) is 17.0 Å². The Hall–Kier alpha value is -4.77. The highest BCUT2D eigenvalue weighted by Gasteiger charge is 2.57. The summed E-state index contributed by atoms with van der Waals surface area (Å²) >= 11 is 1.91. The lowest BCUT2D eigenvalue weighted by atomic mass is 9.98. The summed E-state index contributed by atoms with van der Waals surface area (Å²) in [6.07, 6.45) is 14.5. The Bertz CT molecular complexity index is 2130. The van der Waals surface area contributed by atoms with Gasteiger partial charge in [-0.15, -0.1) is 0 Å². The maximum Gasteiger partial charge on any atom is 0.236 e. The molecule has 1 spiro atoms. The molecule has 3 amide bonds. The van der Waals surface area contributed by atoms with Gasteiger partial charge in [-0.3, -0.25) is 28.9 Å². The highest BCUT2D eigenvalue weighted by molar-refractivity contribution is 7.97. The van der Waals surface area contributed by atoms with Crippen LogP contribution in [-0.2, 0) is 33.4 Å². The van der Waals surface area contributed by atoms with Gasteiger partial charge < -0.3 is 26.0 Å². The first kappa shape index (κ1) is 47.7. The van der Waals surface area contributed by atoms with E-state index >= 15 is 0 Å². The molecule has 2 aliphatic carbocycles. The molecule has 63 heavy (non-hydrogen) atoms. The number of nitrogens with zero attached hydrogens (tertiary/aromatic N) is 8. The Kier molecular flexibility index (Phi) is 17.2. The molecular weight excluding hydrogens is 815 g/mol. The van der Waals surface area contributed by atoms with Crippen LogP contribution in [0.3, 0.4) is 0 Å². The lowest BCUT2D eigenvalue weighted by Crippen LogP contribution is -2.51. The Balaban J connectivity index is 0.000000231. The molecule has 342 valence electrons. The second kappa shape index (κ2) is 22.7. The number of fused-ring (bicyclic) bond motifs is 3. The lowest BCUT2D eigenvalue weighted by Gasteiger charge is -2.41. The summed E-state index contributed by atoms with van der Waals surface area (Å²) in [5.41, 5.74) is 4.19. The van der Waals surface area contributed by atoms with Gasteiger partial charge in [-0.25, -0.2) is 9.29 Å². The largest absolute Gasteiger partial charge is 0.393 e. The zero-order valence-corrected chi connectivity index (χ0v) is 39.1. The quantitative estimate of drug-likeness (QED) is 0.0931. The SMILES string of the molecule is CC.CNC(=O)CCN(C=O)c1nn(C)c2cc(N3CCN(Cc4cccc(SN5CCCCC5)c4)CC3C)ccc12.CNc1ncc2c(n1)NC(=O)C21CC1.OC1CCCCC1. The van der Waals surface area contributed by atoms with Gasteiger partial charge in [-0.05, 0) is 93.3 Å². The van der Waals surface area contributed by atoms with E-state index in [9.17, 15) is 14.4 Å². The van der Waals surface area contributed by atoms with Crippen molar-refractivity contribution in [3.63, 3.8) is 0 Å². The molecule has 3 aliphatic heterocycles. The number of aliphatic hydroxyl groups is 1. The highest BCUT2D eigenvalue weighted by Crippen LogP contribution is 2.54. The molecule has 0 bridgehead atoms. The normalized spacial score (nSPS) is 19.3. The van der Waals surface area contributed by atoms with E-state index in [1.165, 1.54) is 67.0 Å². The van der Waals surface area contributed by atoms with Crippen LogP contribution in [0.15, 0.2) is 53.6 Å². The highest BCUT2D eigenvalue weighted by atomic mass is 32.2. The number of aliphatic hydroxyl groups excluding tert-OH is 1. The molecule has 16 heteroatoms. The van der Waals surface area contributed by atoms with E-state index in [-0.39, 0.29) is 36.3 Å². The number of piperidine rings is 1. The average Bonchev–Trinajstić information content (AvgIpc) is 3.99. The Morgan fingerprint density at radius 3 is 2.41 bits per heavy atom. The third kappa shape index (κ3) is 12.1. The van der Waals surface area contributed by atoms with Crippen LogP contribution in [0.1, 0.15) is 103 Å². The van der Waals surface area contributed by atoms with E-state index < -0.39 is 0 Å². The third-order valence-corrected chi connectivity index (χ3v) is 13.6. The number of benzene rings is 2. The minimum Gasteiger partial charge on any atom is -0.393 e. The van der Waals surface area contributed by atoms with Gasteiger partial charge in [-0.1, -0.05) is 51.7 Å². The van der Waals surface area contributed by atoms with E-state index in [4.69, 9.17) is 5.11 Å². The number of aryl methyl sites for hydroxylation is 1. The zero-order valence-electron chi connectivity index (χ0n) is 38.2. The molecule has 1 atom stereocenters. The topological polar surface area (TPSA) is 164 Å². The van der Waals surface area contributed by atoms with Crippen LogP contribution in [0.25, 0.3) is 10.9 Å². The molecule has 5 aliphatic rings. The summed E-state index contributed by atoms with van der Waals surface area (Å²) in [4.78, 5) is 51.3. The maximum absolute atomic E-state index is 11.8. The van der Waals surface area contributed by atoms with Gasteiger partial charge in [0.25, 0.3) is 0 Å². The standard InChI is InChI=1S/C30H41N7O2S.C9H10N4O.C6H12O.C2H6/c1-23-20-34(21-24-8-7-9-26(18-24)40-36-13-5-4-6-14-36)16-17-37(23)25-10-11-27-28(19-25)33(3)32-30(27)35(22-38)15-12-29(39)31-2;1-10-8-11-4-5-6(13-8)12-7(14)9(5)2-3-9;7-6-4-2-1-3-5-6;1-2/h7-11,18-19,22-23H,4-6,12-17,20-21H2,1-3H3,(H,31,39);4H,2-3H2,1H3,(H2,10,11,12,13,14);6-7H,1-5H2;1-2H3. The lowest BCUT2D eigenvalue weighted by molar-refractivity contribution is -0.120. The fourth-order valence-corrected chi connectivity index (χ4v) is 9.88. The summed E-state index contributed by atoms with van der Waals surface area (Å²) in [5.74, 6) is 1.77. The van der Waals surface area contributed by atoms with Gasteiger partial charge in [0.1, 0.15) is 5.82 Å². The summed E-state index contributed by atoms with van der Waals surface area (Å²) in [6.45, 7) is 12.9. The van der Waals surface area contributed by atoms with Gasteiger partial charge in [0.2, 0.25) is 24.2 Å². The van der Waals surface area contributed by atoms with Crippen molar-refractivity contribution in [2.75, 3.05) is 73.8 Å². The molecule has 2 aromatic carbocycles. The number of hydrogen-bond acceptors (Lipinski definition) is 12. The summed E-state index contributed by atoms with van der Waals surface area (Å²) < 4.78 is 4.33. The number of rotatable bonds is 11. The molecule has 4 fully saturated rings. The fraction of sp³-hybridized carbons (Fsp3) is 0.574. The van der Waals surface area contributed by atoms with Crippen LogP contribution in [0.2, 0.25) is 0 Å². The first-order valence-electron chi connectivity index (χ1n) is 23.1. The van der Waals surface area contributed by atoms with Gasteiger partial charge >= 0.3 is 0 Å². The van der Waals surface area contributed by atoms with Crippen molar-refractivity contribution in [3.8, 4) is 0 Å². The first-order valence-corrected chi connectivity index (χ1v) is 23.8. The minimum atomic E-state index is -0.276. The van der Waals surface area contributed by atoms with Crippen LogP contribution in [-0.4, -0.2) is 118 Å². The van der Waals surface area contributed by atoms with Gasteiger partial charge in [0.15, 0.2) is 5.82 Å². The second-order valence-corrected chi connectivity index (χ2v) is 18.1. The molecule has 4 N–H and O–H groups in total. The molecule has 4 aromatic rings. The van der Waals surface area contributed by atoms with E-state index in [2.05, 4.69) is 88.4 Å². The van der Waals surface area contributed by atoms with E-state index in [1.807, 2.05) is 43.6 Å². The number of aromatic nitrogens is 4. The molecule has 15 nitrogen and oxygen atoms in total. The van der Waals surface area contributed by atoms with Crippen molar-refractivity contribution >= 4 is 64.3 Å². The first-order chi connectivity index (χ1) is 30.6. The number of piperazine rings is 1. The second-order valence-electron chi connectivity index (χ2n) is 16.9.